The topological polar surface area (TPSA) is 75.1 Å². The second-order valence-corrected chi connectivity index (χ2v) is 8.41. The lowest BCUT2D eigenvalue weighted by Gasteiger charge is -2.30. The second-order valence-electron chi connectivity index (χ2n) is 5.59. The number of ether oxygens (including phenoxy) is 1. The zero-order valence-corrected chi connectivity index (χ0v) is 14.9. The molecule has 1 aliphatic rings. The van der Waals surface area contributed by atoms with E-state index in [1.165, 1.54) is 29.1 Å². The van der Waals surface area contributed by atoms with Crippen molar-refractivity contribution in [2.24, 2.45) is 0 Å². The lowest BCUT2D eigenvalue weighted by atomic mass is 9.95. The van der Waals surface area contributed by atoms with E-state index in [-0.39, 0.29) is 11.4 Å². The van der Waals surface area contributed by atoms with Gasteiger partial charge in [-0.05, 0) is 25.7 Å². The van der Waals surface area contributed by atoms with Gasteiger partial charge in [-0.25, -0.2) is 9.97 Å². The number of thiophene rings is 1. The third-order valence-corrected chi connectivity index (χ3v) is 5.98. The first kappa shape index (κ1) is 16.0. The molecule has 0 spiro atoms. The van der Waals surface area contributed by atoms with Crippen LogP contribution in [0.4, 0.5) is 0 Å². The predicted molar refractivity (Wildman–Crippen MR) is 87.5 cm³/mol. The number of hydrogen-bond acceptors (Lipinski definition) is 8. The van der Waals surface area contributed by atoms with Gasteiger partial charge in [-0.15, -0.1) is 11.3 Å². The Bertz CT molecular complexity index is 742. The van der Waals surface area contributed by atoms with Crippen LogP contribution in [0.5, 0.6) is 0 Å². The Morgan fingerprint density at radius 1 is 1.45 bits per heavy atom. The Hall–Kier alpha value is -0.830. The quantitative estimate of drug-likeness (QED) is 0.472. The lowest BCUT2D eigenvalue weighted by molar-refractivity contribution is -0.301. The smallest absolute Gasteiger partial charge is 0.189 e. The fraction of sp³-hybridized carbons (Fsp3) is 0.500. The van der Waals surface area contributed by atoms with Crippen LogP contribution in [0.25, 0.3) is 10.2 Å². The molecule has 2 aromatic rings. The highest BCUT2D eigenvalue weighted by Gasteiger charge is 2.31. The number of hydrogen-bond donors (Lipinski definition) is 0. The number of carboxylic acid groups (broad SMARTS) is 1. The number of carbonyl (C=O) groups is 1. The van der Waals surface area contributed by atoms with Crippen molar-refractivity contribution in [1.82, 2.24) is 9.97 Å². The molecular formula is C14H15N2O3S3-. The Labute approximate surface area is 140 Å². The van der Waals surface area contributed by atoms with E-state index in [0.717, 1.165) is 26.5 Å². The molecule has 2 aromatic heterocycles. The molecule has 8 heteroatoms. The number of rotatable bonds is 4. The maximum atomic E-state index is 10.8. The van der Waals surface area contributed by atoms with E-state index in [4.69, 9.17) is 4.74 Å². The molecule has 0 aromatic carbocycles. The Kier molecular flexibility index (Phi) is 4.37. The SMILES string of the molecule is CSc1nc(SCC(=O)[O-])c2c3c(sc2n1)COC(C)(C)C3. The minimum Gasteiger partial charge on any atom is -0.549 e. The van der Waals surface area contributed by atoms with E-state index in [9.17, 15) is 9.90 Å². The van der Waals surface area contributed by atoms with Crippen molar-refractivity contribution in [3.8, 4) is 0 Å². The van der Waals surface area contributed by atoms with Gasteiger partial charge in [0.25, 0.3) is 0 Å². The fourth-order valence-electron chi connectivity index (χ4n) is 2.42. The summed E-state index contributed by atoms with van der Waals surface area (Å²) in [5.74, 6) is -1.19. The van der Waals surface area contributed by atoms with Crippen LogP contribution in [0.15, 0.2) is 10.2 Å². The van der Waals surface area contributed by atoms with Crippen molar-refractivity contribution in [1.29, 1.82) is 0 Å². The van der Waals surface area contributed by atoms with E-state index in [2.05, 4.69) is 23.8 Å². The van der Waals surface area contributed by atoms with Gasteiger partial charge in [0.1, 0.15) is 9.86 Å². The Morgan fingerprint density at radius 3 is 2.91 bits per heavy atom. The average Bonchev–Trinajstić information content (AvgIpc) is 2.81. The van der Waals surface area contributed by atoms with Crippen molar-refractivity contribution >= 4 is 51.0 Å². The molecule has 0 N–H and O–H groups in total. The van der Waals surface area contributed by atoms with Crippen LogP contribution in [0.2, 0.25) is 0 Å². The highest BCUT2D eigenvalue weighted by atomic mass is 32.2. The summed E-state index contributed by atoms with van der Waals surface area (Å²) in [6.45, 7) is 4.69. The molecular weight excluding hydrogens is 340 g/mol. The zero-order valence-electron chi connectivity index (χ0n) is 12.5. The molecule has 22 heavy (non-hydrogen) atoms. The van der Waals surface area contributed by atoms with Crippen LogP contribution >= 0.6 is 34.9 Å². The van der Waals surface area contributed by atoms with Gasteiger partial charge in [-0.3, -0.25) is 0 Å². The maximum Gasteiger partial charge on any atom is 0.189 e. The summed E-state index contributed by atoms with van der Waals surface area (Å²) in [5.41, 5.74) is 0.972. The van der Waals surface area contributed by atoms with Gasteiger partial charge in [-0.1, -0.05) is 23.5 Å². The van der Waals surface area contributed by atoms with Gasteiger partial charge in [0.2, 0.25) is 0 Å². The first-order valence-electron chi connectivity index (χ1n) is 6.72. The number of nitrogens with zero attached hydrogens (tertiary/aromatic N) is 2. The summed E-state index contributed by atoms with van der Waals surface area (Å²) < 4.78 is 5.86. The van der Waals surface area contributed by atoms with E-state index < -0.39 is 5.97 Å². The molecule has 0 fully saturated rings. The van der Waals surface area contributed by atoms with Gasteiger partial charge >= 0.3 is 0 Å². The number of aromatic nitrogens is 2. The number of aliphatic carboxylic acids is 1. The van der Waals surface area contributed by atoms with E-state index in [0.29, 0.717) is 11.8 Å². The van der Waals surface area contributed by atoms with Crippen LogP contribution < -0.4 is 5.11 Å². The highest BCUT2D eigenvalue weighted by molar-refractivity contribution is 8.00. The summed E-state index contributed by atoms with van der Waals surface area (Å²) in [7, 11) is 0. The van der Waals surface area contributed by atoms with Crippen LogP contribution in [0, 0.1) is 0 Å². The fourth-order valence-corrected chi connectivity index (χ4v) is 4.83. The molecule has 5 nitrogen and oxygen atoms in total. The summed E-state index contributed by atoms with van der Waals surface area (Å²) in [5, 5.41) is 13.2. The lowest BCUT2D eigenvalue weighted by Crippen LogP contribution is -2.31. The number of thioether (sulfide) groups is 2. The Balaban J connectivity index is 2.14. The van der Waals surface area contributed by atoms with Gasteiger partial charge < -0.3 is 14.6 Å². The van der Waals surface area contributed by atoms with Gasteiger partial charge in [0, 0.05) is 22.4 Å². The first-order chi connectivity index (χ1) is 10.4. The third kappa shape index (κ3) is 3.10. The summed E-state index contributed by atoms with van der Waals surface area (Å²) >= 11 is 4.27. The second kappa shape index (κ2) is 5.99. The minimum absolute atomic E-state index is 0.107. The highest BCUT2D eigenvalue weighted by Crippen LogP contribution is 2.42. The minimum atomic E-state index is -1.09. The molecule has 0 amide bonds. The molecule has 0 bridgehead atoms. The van der Waals surface area contributed by atoms with Gasteiger partial charge in [0.05, 0.1) is 18.2 Å². The molecule has 0 unspecified atom stereocenters. The molecule has 0 saturated carbocycles. The van der Waals surface area contributed by atoms with Crippen LogP contribution in [-0.4, -0.2) is 33.5 Å². The zero-order chi connectivity index (χ0) is 15.9. The molecule has 0 atom stereocenters. The summed E-state index contributed by atoms with van der Waals surface area (Å²) in [4.78, 5) is 21.9. The molecule has 0 saturated heterocycles. The molecule has 1 aliphatic heterocycles. The number of carbonyl (C=O) groups excluding carboxylic acids is 1. The van der Waals surface area contributed by atoms with Crippen molar-refractivity contribution in [2.75, 3.05) is 12.0 Å². The summed E-state index contributed by atoms with van der Waals surface area (Å²) in [6.07, 6.45) is 2.69. The van der Waals surface area contributed by atoms with Crippen molar-refractivity contribution in [3.63, 3.8) is 0 Å². The van der Waals surface area contributed by atoms with Crippen LogP contribution in [-0.2, 0) is 22.6 Å². The van der Waals surface area contributed by atoms with Gasteiger partial charge in [-0.2, -0.15) is 0 Å². The van der Waals surface area contributed by atoms with Crippen molar-refractivity contribution in [3.05, 3.63) is 10.4 Å². The maximum absolute atomic E-state index is 10.8. The number of fused-ring (bicyclic) bond motifs is 3. The van der Waals surface area contributed by atoms with Crippen molar-refractivity contribution in [2.45, 2.75) is 42.7 Å². The van der Waals surface area contributed by atoms with Crippen LogP contribution in [0.1, 0.15) is 24.3 Å². The molecule has 0 aliphatic carbocycles. The number of carboxylic acids is 1. The first-order valence-corrected chi connectivity index (χ1v) is 9.75. The standard InChI is InChI=1S/C14H16N2O3S3/c1-14(2)4-7-8(5-19-14)22-12-10(7)11(21-6-9(17)18)15-13(16-12)20-3/h4-6H2,1-3H3,(H,17,18)/p-1. The molecule has 3 rings (SSSR count). The Morgan fingerprint density at radius 2 is 2.23 bits per heavy atom. The van der Waals surface area contributed by atoms with Crippen molar-refractivity contribution < 1.29 is 14.6 Å². The third-order valence-electron chi connectivity index (χ3n) is 3.39. The average molecular weight is 355 g/mol. The van der Waals surface area contributed by atoms with Gasteiger partial charge in [0.15, 0.2) is 5.16 Å². The molecule has 118 valence electrons. The van der Waals surface area contributed by atoms with E-state index in [1.807, 2.05) is 6.26 Å². The van der Waals surface area contributed by atoms with Crippen LogP contribution in [0.3, 0.4) is 0 Å². The molecule has 3 heterocycles. The van der Waals surface area contributed by atoms with E-state index >= 15 is 0 Å². The largest absolute Gasteiger partial charge is 0.549 e. The van der Waals surface area contributed by atoms with E-state index in [1.54, 1.807) is 11.3 Å². The monoisotopic (exact) mass is 355 g/mol. The summed E-state index contributed by atoms with van der Waals surface area (Å²) in [6, 6.07) is 0. The normalized spacial score (nSPS) is 16.7. The molecule has 0 radical (unpaired) electrons. The predicted octanol–water partition coefficient (Wildman–Crippen LogP) is 2.11.